The third-order valence-electron chi connectivity index (χ3n) is 3.09. The van der Waals surface area contributed by atoms with E-state index in [-0.39, 0.29) is 6.61 Å². The van der Waals surface area contributed by atoms with Crippen LogP contribution in [-0.2, 0) is 13.0 Å². The summed E-state index contributed by atoms with van der Waals surface area (Å²) < 4.78 is 7.80. The fourth-order valence-corrected chi connectivity index (χ4v) is 2.22. The van der Waals surface area contributed by atoms with Gasteiger partial charge in [0.05, 0.1) is 12.1 Å². The summed E-state index contributed by atoms with van der Waals surface area (Å²) in [5.41, 5.74) is 0.984. The van der Waals surface area contributed by atoms with Crippen molar-refractivity contribution >= 4 is 0 Å². The van der Waals surface area contributed by atoms with Crippen LogP contribution in [0.1, 0.15) is 12.2 Å². The van der Waals surface area contributed by atoms with E-state index in [1.807, 2.05) is 24.3 Å². The molecule has 1 N–H and O–H groups in total. The van der Waals surface area contributed by atoms with Crippen LogP contribution in [0.3, 0.4) is 0 Å². The van der Waals surface area contributed by atoms with Gasteiger partial charge < -0.3 is 14.4 Å². The van der Waals surface area contributed by atoms with Gasteiger partial charge in [0.2, 0.25) is 0 Å². The minimum atomic E-state index is 0.176. The van der Waals surface area contributed by atoms with Crippen molar-refractivity contribution < 1.29 is 9.84 Å². The summed E-state index contributed by atoms with van der Waals surface area (Å²) >= 11 is 0. The SMILES string of the molecule is OCCCc1nnc2n1CCOc1ccccc1-2. The van der Waals surface area contributed by atoms with E-state index in [2.05, 4.69) is 14.8 Å². The molecule has 0 saturated heterocycles. The van der Waals surface area contributed by atoms with Gasteiger partial charge in [0.1, 0.15) is 18.2 Å². The number of hydrogen-bond acceptors (Lipinski definition) is 4. The van der Waals surface area contributed by atoms with Crippen LogP contribution in [0, 0.1) is 0 Å². The second kappa shape index (κ2) is 4.78. The monoisotopic (exact) mass is 245 g/mol. The summed E-state index contributed by atoms with van der Waals surface area (Å²) in [6.07, 6.45) is 1.45. The Balaban J connectivity index is 2.03. The zero-order chi connectivity index (χ0) is 12.4. The van der Waals surface area contributed by atoms with Gasteiger partial charge in [-0.2, -0.15) is 0 Å². The van der Waals surface area contributed by atoms with Crippen molar-refractivity contribution in [3.63, 3.8) is 0 Å². The van der Waals surface area contributed by atoms with Crippen LogP contribution in [-0.4, -0.2) is 33.1 Å². The van der Waals surface area contributed by atoms with Gasteiger partial charge in [-0.05, 0) is 18.6 Å². The van der Waals surface area contributed by atoms with Crippen LogP contribution in [0.15, 0.2) is 24.3 Å². The minimum absolute atomic E-state index is 0.176. The van der Waals surface area contributed by atoms with Gasteiger partial charge in [-0.3, -0.25) is 0 Å². The maximum absolute atomic E-state index is 8.90. The lowest BCUT2D eigenvalue weighted by molar-refractivity contribution is 0.284. The van der Waals surface area contributed by atoms with Crippen LogP contribution in [0.4, 0.5) is 0 Å². The zero-order valence-electron chi connectivity index (χ0n) is 10.0. The van der Waals surface area contributed by atoms with E-state index in [0.29, 0.717) is 13.0 Å². The second-order valence-electron chi connectivity index (χ2n) is 4.26. The fourth-order valence-electron chi connectivity index (χ4n) is 2.22. The van der Waals surface area contributed by atoms with Crippen LogP contribution < -0.4 is 4.74 Å². The molecule has 1 aromatic heterocycles. The molecule has 1 aliphatic rings. The lowest BCUT2D eigenvalue weighted by Crippen LogP contribution is -2.10. The highest BCUT2D eigenvalue weighted by Gasteiger charge is 2.19. The van der Waals surface area contributed by atoms with E-state index in [1.54, 1.807) is 0 Å². The summed E-state index contributed by atoms with van der Waals surface area (Å²) in [7, 11) is 0. The summed E-state index contributed by atoms with van der Waals surface area (Å²) in [5.74, 6) is 2.63. The van der Waals surface area contributed by atoms with E-state index < -0.39 is 0 Å². The average molecular weight is 245 g/mol. The van der Waals surface area contributed by atoms with Crippen LogP contribution >= 0.6 is 0 Å². The molecule has 94 valence electrons. The van der Waals surface area contributed by atoms with E-state index in [1.165, 1.54) is 0 Å². The number of aryl methyl sites for hydroxylation is 1. The first-order valence-corrected chi connectivity index (χ1v) is 6.15. The highest BCUT2D eigenvalue weighted by molar-refractivity contribution is 5.64. The summed E-state index contributed by atoms with van der Waals surface area (Å²) in [4.78, 5) is 0. The molecular weight excluding hydrogens is 230 g/mol. The third kappa shape index (κ3) is 1.86. The van der Waals surface area contributed by atoms with Crippen molar-refractivity contribution in [1.82, 2.24) is 14.8 Å². The molecule has 18 heavy (non-hydrogen) atoms. The maximum Gasteiger partial charge on any atom is 0.167 e. The Kier molecular flexibility index (Phi) is 2.98. The van der Waals surface area contributed by atoms with Crippen molar-refractivity contribution in [2.75, 3.05) is 13.2 Å². The van der Waals surface area contributed by atoms with Gasteiger partial charge >= 0.3 is 0 Å². The van der Waals surface area contributed by atoms with E-state index in [9.17, 15) is 0 Å². The molecule has 0 bridgehead atoms. The van der Waals surface area contributed by atoms with Crippen molar-refractivity contribution in [3.05, 3.63) is 30.1 Å². The quantitative estimate of drug-likeness (QED) is 0.884. The molecule has 0 unspecified atom stereocenters. The predicted molar refractivity (Wildman–Crippen MR) is 66.4 cm³/mol. The third-order valence-corrected chi connectivity index (χ3v) is 3.09. The van der Waals surface area contributed by atoms with Gasteiger partial charge in [-0.15, -0.1) is 10.2 Å². The molecule has 2 aromatic rings. The van der Waals surface area contributed by atoms with Crippen LogP contribution in [0.25, 0.3) is 11.4 Å². The first-order valence-electron chi connectivity index (χ1n) is 6.15. The number of hydrogen-bond donors (Lipinski definition) is 1. The van der Waals surface area contributed by atoms with Crippen LogP contribution in [0.5, 0.6) is 5.75 Å². The lowest BCUT2D eigenvalue weighted by Gasteiger charge is -2.05. The number of nitrogens with zero attached hydrogens (tertiary/aromatic N) is 3. The Morgan fingerprint density at radius 2 is 2.17 bits per heavy atom. The maximum atomic E-state index is 8.90. The molecule has 0 saturated carbocycles. The molecular formula is C13H15N3O2. The topological polar surface area (TPSA) is 60.2 Å². The Morgan fingerprint density at radius 1 is 1.28 bits per heavy atom. The highest BCUT2D eigenvalue weighted by atomic mass is 16.5. The van der Waals surface area contributed by atoms with Gasteiger partial charge in [0.15, 0.2) is 5.82 Å². The van der Waals surface area contributed by atoms with E-state index >= 15 is 0 Å². The standard InChI is InChI=1S/C13H15N3O2/c17-8-3-6-12-14-15-13-10-4-1-2-5-11(10)18-9-7-16(12)13/h1-2,4-5,17H,3,6-9H2. The smallest absolute Gasteiger partial charge is 0.167 e. The molecule has 0 atom stereocenters. The first-order chi connectivity index (χ1) is 8.90. The second-order valence-corrected chi connectivity index (χ2v) is 4.26. The molecule has 5 nitrogen and oxygen atoms in total. The van der Waals surface area contributed by atoms with Crippen molar-refractivity contribution in [2.24, 2.45) is 0 Å². The number of benzene rings is 1. The minimum Gasteiger partial charge on any atom is -0.491 e. The molecule has 1 aliphatic heterocycles. The largest absolute Gasteiger partial charge is 0.491 e. The summed E-state index contributed by atoms with van der Waals surface area (Å²) in [5, 5.41) is 17.4. The molecule has 5 heteroatoms. The molecule has 0 spiro atoms. The molecule has 2 heterocycles. The Hall–Kier alpha value is -1.88. The molecule has 0 fully saturated rings. The Bertz CT molecular complexity index is 551. The van der Waals surface area contributed by atoms with Gasteiger partial charge in [0, 0.05) is 13.0 Å². The Morgan fingerprint density at radius 3 is 3.06 bits per heavy atom. The number of rotatable bonds is 3. The number of aromatic nitrogens is 3. The summed E-state index contributed by atoms with van der Waals surface area (Å²) in [6, 6.07) is 7.88. The first kappa shape index (κ1) is 11.2. The summed E-state index contributed by atoms with van der Waals surface area (Å²) in [6.45, 7) is 1.54. The molecule has 0 aliphatic carbocycles. The number of fused-ring (bicyclic) bond motifs is 3. The molecule has 3 rings (SSSR count). The van der Waals surface area contributed by atoms with E-state index in [4.69, 9.17) is 9.84 Å². The molecule has 0 radical (unpaired) electrons. The number of ether oxygens (including phenoxy) is 1. The fraction of sp³-hybridized carbons (Fsp3) is 0.385. The predicted octanol–water partition coefficient (Wildman–Crippen LogP) is 1.26. The van der Waals surface area contributed by atoms with E-state index in [0.717, 1.165) is 35.9 Å². The lowest BCUT2D eigenvalue weighted by atomic mass is 10.2. The van der Waals surface area contributed by atoms with Gasteiger partial charge in [0.25, 0.3) is 0 Å². The van der Waals surface area contributed by atoms with Crippen molar-refractivity contribution in [2.45, 2.75) is 19.4 Å². The normalized spacial score (nSPS) is 13.4. The zero-order valence-corrected chi connectivity index (χ0v) is 10.0. The number of para-hydroxylation sites is 1. The number of aliphatic hydroxyl groups excluding tert-OH is 1. The average Bonchev–Trinajstić information content (AvgIpc) is 2.70. The molecule has 1 aromatic carbocycles. The van der Waals surface area contributed by atoms with Crippen molar-refractivity contribution in [1.29, 1.82) is 0 Å². The van der Waals surface area contributed by atoms with Gasteiger partial charge in [-0.25, -0.2) is 0 Å². The highest BCUT2D eigenvalue weighted by Crippen LogP contribution is 2.31. The number of aliphatic hydroxyl groups is 1. The Labute approximate surface area is 105 Å². The van der Waals surface area contributed by atoms with Gasteiger partial charge in [-0.1, -0.05) is 12.1 Å². The van der Waals surface area contributed by atoms with Crippen LogP contribution in [0.2, 0.25) is 0 Å². The van der Waals surface area contributed by atoms with Crippen molar-refractivity contribution in [3.8, 4) is 17.1 Å². The molecule has 0 amide bonds.